The molecule has 3 heterocycles. The van der Waals surface area contributed by atoms with E-state index < -0.39 is 11.6 Å². The van der Waals surface area contributed by atoms with Crippen LogP contribution in [-0.2, 0) is 11.2 Å². The number of carbonyl (C=O) groups excluding carboxylic acids is 1. The Morgan fingerprint density at radius 3 is 2.74 bits per heavy atom. The van der Waals surface area contributed by atoms with Crippen LogP contribution in [-0.4, -0.2) is 57.2 Å². The summed E-state index contributed by atoms with van der Waals surface area (Å²) in [5.74, 6) is -0.762. The quantitative estimate of drug-likeness (QED) is 0.436. The second-order valence-corrected chi connectivity index (χ2v) is 8.45. The summed E-state index contributed by atoms with van der Waals surface area (Å²) in [4.78, 5) is 23.3. The SMILES string of the molecule is COc1ccccc1-c1[nH]nc2nc(NC3CCN(C(=O)Cc4ccc(F)c(F)c4)CC3)ncc12. The summed E-state index contributed by atoms with van der Waals surface area (Å²) >= 11 is 0. The highest BCUT2D eigenvalue weighted by molar-refractivity contribution is 5.92. The van der Waals surface area contributed by atoms with Crippen molar-refractivity contribution in [3.8, 4) is 17.0 Å². The first-order valence-corrected chi connectivity index (χ1v) is 11.3. The highest BCUT2D eigenvalue weighted by atomic mass is 19.2. The number of nitrogens with zero attached hydrogens (tertiary/aromatic N) is 4. The van der Waals surface area contributed by atoms with Crippen molar-refractivity contribution < 1.29 is 18.3 Å². The molecule has 5 rings (SSSR count). The Kier molecular flexibility index (Phi) is 6.26. The minimum atomic E-state index is -0.942. The number of aromatic amines is 1. The molecule has 0 radical (unpaired) electrons. The zero-order valence-corrected chi connectivity index (χ0v) is 19.1. The fraction of sp³-hybridized carbons (Fsp3) is 0.280. The van der Waals surface area contributed by atoms with Gasteiger partial charge in [0.15, 0.2) is 17.3 Å². The molecule has 0 bridgehead atoms. The molecule has 35 heavy (non-hydrogen) atoms. The normalized spacial score (nSPS) is 14.3. The van der Waals surface area contributed by atoms with E-state index in [1.807, 2.05) is 24.3 Å². The van der Waals surface area contributed by atoms with Gasteiger partial charge in [-0.25, -0.2) is 13.8 Å². The molecule has 0 saturated carbocycles. The average Bonchev–Trinajstić information content (AvgIpc) is 3.29. The van der Waals surface area contributed by atoms with Crippen LogP contribution in [0, 0.1) is 11.6 Å². The van der Waals surface area contributed by atoms with Gasteiger partial charge in [-0.05, 0) is 42.7 Å². The maximum atomic E-state index is 13.4. The van der Waals surface area contributed by atoms with Crippen molar-refractivity contribution in [1.29, 1.82) is 0 Å². The van der Waals surface area contributed by atoms with Gasteiger partial charge in [-0.15, -0.1) is 0 Å². The lowest BCUT2D eigenvalue weighted by atomic mass is 10.0. The van der Waals surface area contributed by atoms with Crippen molar-refractivity contribution in [2.75, 3.05) is 25.5 Å². The zero-order valence-electron chi connectivity index (χ0n) is 19.1. The number of benzene rings is 2. The van der Waals surface area contributed by atoms with Gasteiger partial charge in [-0.3, -0.25) is 9.89 Å². The molecule has 0 aliphatic carbocycles. The van der Waals surface area contributed by atoms with Gasteiger partial charge < -0.3 is 15.0 Å². The fourth-order valence-corrected chi connectivity index (χ4v) is 4.32. The lowest BCUT2D eigenvalue weighted by Gasteiger charge is -2.32. The summed E-state index contributed by atoms with van der Waals surface area (Å²) < 4.78 is 32.0. The molecule has 2 aromatic carbocycles. The van der Waals surface area contributed by atoms with E-state index in [9.17, 15) is 13.6 Å². The summed E-state index contributed by atoms with van der Waals surface area (Å²) in [5.41, 5.74) is 2.67. The number of carbonyl (C=O) groups is 1. The van der Waals surface area contributed by atoms with E-state index in [0.29, 0.717) is 30.2 Å². The number of nitrogens with one attached hydrogen (secondary N) is 2. The van der Waals surface area contributed by atoms with E-state index >= 15 is 0 Å². The van der Waals surface area contributed by atoms with Gasteiger partial charge in [0, 0.05) is 30.9 Å². The Balaban J connectivity index is 1.20. The summed E-state index contributed by atoms with van der Waals surface area (Å²) in [5, 5.41) is 11.5. The molecule has 1 aliphatic heterocycles. The number of fused-ring (bicyclic) bond motifs is 1. The van der Waals surface area contributed by atoms with Crippen LogP contribution in [0.4, 0.5) is 14.7 Å². The van der Waals surface area contributed by atoms with Gasteiger partial charge in [0.2, 0.25) is 11.9 Å². The zero-order chi connectivity index (χ0) is 24.4. The molecule has 1 saturated heterocycles. The van der Waals surface area contributed by atoms with Crippen LogP contribution in [0.5, 0.6) is 5.75 Å². The van der Waals surface area contributed by atoms with Crippen molar-refractivity contribution in [2.45, 2.75) is 25.3 Å². The number of rotatable bonds is 6. The number of hydrogen-bond acceptors (Lipinski definition) is 6. The van der Waals surface area contributed by atoms with Crippen LogP contribution in [0.1, 0.15) is 18.4 Å². The van der Waals surface area contributed by atoms with Crippen LogP contribution in [0.2, 0.25) is 0 Å². The summed E-state index contributed by atoms with van der Waals surface area (Å²) in [6, 6.07) is 11.3. The van der Waals surface area contributed by atoms with Gasteiger partial charge in [0.1, 0.15) is 5.75 Å². The number of ether oxygens (including phenoxy) is 1. The molecule has 1 amide bonds. The van der Waals surface area contributed by atoms with Crippen LogP contribution < -0.4 is 10.1 Å². The van der Waals surface area contributed by atoms with E-state index in [1.165, 1.54) is 6.07 Å². The largest absolute Gasteiger partial charge is 0.496 e. The molecule has 10 heteroatoms. The maximum absolute atomic E-state index is 13.4. The fourth-order valence-electron chi connectivity index (χ4n) is 4.32. The smallest absolute Gasteiger partial charge is 0.226 e. The lowest BCUT2D eigenvalue weighted by Crippen LogP contribution is -2.43. The molecule has 0 atom stereocenters. The van der Waals surface area contributed by atoms with Gasteiger partial charge in [0.25, 0.3) is 0 Å². The number of likely N-dealkylation sites (tertiary alicyclic amines) is 1. The van der Waals surface area contributed by atoms with Crippen molar-refractivity contribution >= 4 is 22.9 Å². The van der Waals surface area contributed by atoms with E-state index in [4.69, 9.17) is 4.74 Å². The number of aromatic nitrogens is 4. The van der Waals surface area contributed by atoms with Crippen LogP contribution in [0.3, 0.4) is 0 Å². The number of amides is 1. The second kappa shape index (κ2) is 9.65. The topological polar surface area (TPSA) is 96.0 Å². The minimum absolute atomic E-state index is 0.0444. The van der Waals surface area contributed by atoms with Crippen LogP contribution in [0.25, 0.3) is 22.3 Å². The Morgan fingerprint density at radius 1 is 1.17 bits per heavy atom. The number of methoxy groups -OCH3 is 1. The lowest BCUT2D eigenvalue weighted by molar-refractivity contribution is -0.131. The Bertz CT molecular complexity index is 1370. The Morgan fingerprint density at radius 2 is 1.97 bits per heavy atom. The molecular weight excluding hydrogens is 454 g/mol. The van der Waals surface area contributed by atoms with Crippen LogP contribution in [0.15, 0.2) is 48.7 Å². The van der Waals surface area contributed by atoms with Crippen molar-refractivity contribution in [2.24, 2.45) is 0 Å². The predicted molar refractivity (Wildman–Crippen MR) is 127 cm³/mol. The second-order valence-electron chi connectivity index (χ2n) is 8.45. The van der Waals surface area contributed by atoms with E-state index in [0.717, 1.165) is 47.4 Å². The van der Waals surface area contributed by atoms with Gasteiger partial charge in [-0.1, -0.05) is 18.2 Å². The van der Waals surface area contributed by atoms with Crippen molar-refractivity contribution in [3.63, 3.8) is 0 Å². The standard InChI is InChI=1S/C25H24F2N6O2/c1-35-21-5-3-2-4-17(21)23-18-14-28-25(30-24(18)32-31-23)29-16-8-10-33(11-9-16)22(34)13-15-6-7-19(26)20(27)12-15/h2-7,12,14,16H,8-11,13H2,1H3,(H2,28,29,30,31,32). The van der Waals surface area contributed by atoms with Gasteiger partial charge in [0.05, 0.1) is 24.6 Å². The molecule has 8 nitrogen and oxygen atoms in total. The first kappa shape index (κ1) is 22.7. The number of para-hydroxylation sites is 1. The molecule has 0 spiro atoms. The number of halogens is 2. The maximum Gasteiger partial charge on any atom is 0.226 e. The summed E-state index contributed by atoms with van der Waals surface area (Å²) in [6.45, 7) is 1.12. The first-order valence-electron chi connectivity index (χ1n) is 11.3. The highest BCUT2D eigenvalue weighted by Gasteiger charge is 2.24. The summed E-state index contributed by atoms with van der Waals surface area (Å²) in [6.07, 6.45) is 3.22. The van der Waals surface area contributed by atoms with Crippen molar-refractivity contribution in [1.82, 2.24) is 25.1 Å². The predicted octanol–water partition coefficient (Wildman–Crippen LogP) is 3.95. The number of hydrogen-bond donors (Lipinski definition) is 2. The third kappa shape index (κ3) is 4.77. The Labute approximate surface area is 200 Å². The molecule has 180 valence electrons. The number of H-pyrrole nitrogens is 1. The van der Waals surface area contributed by atoms with Gasteiger partial charge >= 0.3 is 0 Å². The number of piperidine rings is 1. The molecule has 1 aliphatic rings. The molecule has 4 aromatic rings. The molecular formula is C25H24F2N6O2. The average molecular weight is 479 g/mol. The van der Waals surface area contributed by atoms with Crippen molar-refractivity contribution in [3.05, 3.63) is 65.9 Å². The molecule has 0 unspecified atom stereocenters. The third-order valence-electron chi connectivity index (χ3n) is 6.21. The van der Waals surface area contributed by atoms with E-state index in [2.05, 4.69) is 25.5 Å². The summed E-state index contributed by atoms with van der Waals surface area (Å²) in [7, 11) is 1.62. The third-order valence-corrected chi connectivity index (χ3v) is 6.21. The van der Waals surface area contributed by atoms with Crippen LogP contribution >= 0.6 is 0 Å². The monoisotopic (exact) mass is 478 g/mol. The minimum Gasteiger partial charge on any atom is -0.496 e. The molecule has 2 N–H and O–H groups in total. The van der Waals surface area contributed by atoms with E-state index in [1.54, 1.807) is 18.2 Å². The highest BCUT2D eigenvalue weighted by Crippen LogP contribution is 2.32. The molecule has 1 fully saturated rings. The van der Waals surface area contributed by atoms with Gasteiger partial charge in [-0.2, -0.15) is 10.1 Å². The molecule has 2 aromatic heterocycles. The number of anilines is 1. The van der Waals surface area contributed by atoms with E-state index in [-0.39, 0.29) is 18.4 Å². The Hall–Kier alpha value is -4.08. The first-order chi connectivity index (χ1) is 17.0.